The molecule has 1 unspecified atom stereocenters. The fraction of sp³-hybridized carbons (Fsp3) is 0.300. The van der Waals surface area contributed by atoms with Crippen molar-refractivity contribution in [1.29, 1.82) is 0 Å². The van der Waals surface area contributed by atoms with Gasteiger partial charge in [-0.2, -0.15) is 0 Å². The average Bonchev–Trinajstić information content (AvgIpc) is 3.12. The highest BCUT2D eigenvalue weighted by Crippen LogP contribution is 2.27. The molecule has 0 aliphatic carbocycles. The Morgan fingerprint density at radius 2 is 1.85 bits per heavy atom. The Kier molecular flexibility index (Phi) is 4.91. The molecule has 2 heterocycles. The Balaban J connectivity index is 1.33. The van der Waals surface area contributed by atoms with E-state index in [4.69, 9.17) is 16.4 Å². The predicted octanol–water partition coefficient (Wildman–Crippen LogP) is 3.18. The molecule has 1 fully saturated rings. The molecule has 5 nitrogen and oxygen atoms in total. The number of carbonyl (C=O) groups is 1. The molecule has 0 bridgehead atoms. The number of para-hydroxylation sites is 1. The third-order valence-electron chi connectivity index (χ3n) is 4.74. The van der Waals surface area contributed by atoms with Crippen LogP contribution >= 0.6 is 11.6 Å². The van der Waals surface area contributed by atoms with Gasteiger partial charge >= 0.3 is 0 Å². The van der Waals surface area contributed by atoms with Crippen LogP contribution in [-0.2, 0) is 9.63 Å². The molecule has 1 saturated heterocycles. The Bertz CT molecular complexity index is 825. The average molecular weight is 370 g/mol. The maximum absolute atomic E-state index is 12.6. The Morgan fingerprint density at radius 1 is 1.08 bits per heavy atom. The third-order valence-corrected chi connectivity index (χ3v) is 5.06. The maximum Gasteiger partial charge on any atom is 0.241 e. The van der Waals surface area contributed by atoms with Gasteiger partial charge in [0.05, 0.1) is 23.0 Å². The van der Waals surface area contributed by atoms with Crippen molar-refractivity contribution in [2.24, 2.45) is 5.16 Å². The second-order valence-electron chi connectivity index (χ2n) is 6.57. The molecule has 2 aliphatic heterocycles. The summed E-state index contributed by atoms with van der Waals surface area (Å²) in [5.74, 6) is 0.0616. The zero-order valence-electron chi connectivity index (χ0n) is 14.3. The summed E-state index contributed by atoms with van der Waals surface area (Å²) in [7, 11) is 0. The second-order valence-corrected chi connectivity index (χ2v) is 6.97. The van der Waals surface area contributed by atoms with Crippen LogP contribution in [0.25, 0.3) is 0 Å². The normalized spacial score (nSPS) is 20.8. The number of rotatable bonds is 4. The summed E-state index contributed by atoms with van der Waals surface area (Å²) in [4.78, 5) is 22.1. The highest BCUT2D eigenvalue weighted by atomic mass is 35.5. The van der Waals surface area contributed by atoms with Crippen LogP contribution in [0, 0.1) is 0 Å². The number of amides is 1. The minimum absolute atomic E-state index is 0.00938. The van der Waals surface area contributed by atoms with Gasteiger partial charge in [0, 0.05) is 26.1 Å². The van der Waals surface area contributed by atoms with Crippen LogP contribution in [0.3, 0.4) is 0 Å². The maximum atomic E-state index is 12.6. The number of oxime groups is 1. The van der Waals surface area contributed by atoms with Crippen molar-refractivity contribution >= 4 is 28.9 Å². The Hall–Kier alpha value is -2.37. The van der Waals surface area contributed by atoms with Crippen molar-refractivity contribution in [3.8, 4) is 0 Å². The van der Waals surface area contributed by atoms with Gasteiger partial charge in [-0.25, -0.2) is 0 Å². The first kappa shape index (κ1) is 17.1. The molecule has 134 valence electrons. The molecule has 0 saturated carbocycles. The molecule has 0 radical (unpaired) electrons. The summed E-state index contributed by atoms with van der Waals surface area (Å²) >= 11 is 6.23. The summed E-state index contributed by atoms with van der Waals surface area (Å²) in [5.41, 5.74) is 2.84. The first-order valence-electron chi connectivity index (χ1n) is 8.76. The van der Waals surface area contributed by atoms with Crippen molar-refractivity contribution < 1.29 is 9.63 Å². The molecule has 2 aromatic carbocycles. The SMILES string of the molecule is O=C1CN(CC2CC(c3ccccc3)=NO2)CCN1c1ccccc1Cl. The zero-order valence-corrected chi connectivity index (χ0v) is 15.1. The van der Waals surface area contributed by atoms with E-state index >= 15 is 0 Å². The van der Waals surface area contributed by atoms with Gasteiger partial charge in [-0.15, -0.1) is 0 Å². The van der Waals surface area contributed by atoms with E-state index in [1.54, 1.807) is 4.90 Å². The van der Waals surface area contributed by atoms with E-state index in [-0.39, 0.29) is 12.0 Å². The molecular formula is C20H20ClN3O2. The van der Waals surface area contributed by atoms with Gasteiger partial charge < -0.3 is 9.74 Å². The summed E-state index contributed by atoms with van der Waals surface area (Å²) in [6.07, 6.45) is 0.757. The smallest absolute Gasteiger partial charge is 0.241 e. The van der Waals surface area contributed by atoms with Gasteiger partial charge in [0.2, 0.25) is 5.91 Å². The van der Waals surface area contributed by atoms with Crippen molar-refractivity contribution in [1.82, 2.24) is 4.90 Å². The number of carbonyl (C=O) groups excluding carboxylic acids is 1. The van der Waals surface area contributed by atoms with E-state index in [2.05, 4.69) is 10.1 Å². The van der Waals surface area contributed by atoms with Crippen LogP contribution in [-0.4, -0.2) is 48.8 Å². The number of nitrogens with zero attached hydrogens (tertiary/aromatic N) is 3. The molecule has 4 rings (SSSR count). The molecule has 0 N–H and O–H groups in total. The highest BCUT2D eigenvalue weighted by molar-refractivity contribution is 6.33. The van der Waals surface area contributed by atoms with Crippen LogP contribution in [0.4, 0.5) is 5.69 Å². The molecule has 6 heteroatoms. The summed E-state index contributed by atoms with van der Waals surface area (Å²) in [5, 5.41) is 4.83. The number of anilines is 1. The van der Waals surface area contributed by atoms with Crippen LogP contribution < -0.4 is 4.90 Å². The summed E-state index contributed by atoms with van der Waals surface area (Å²) < 4.78 is 0. The molecule has 1 amide bonds. The molecule has 1 atom stereocenters. The monoisotopic (exact) mass is 369 g/mol. The van der Waals surface area contributed by atoms with Crippen molar-refractivity contribution in [3.05, 3.63) is 65.2 Å². The lowest BCUT2D eigenvalue weighted by molar-refractivity contribution is -0.121. The first-order valence-corrected chi connectivity index (χ1v) is 9.14. The lowest BCUT2D eigenvalue weighted by Gasteiger charge is -2.35. The van der Waals surface area contributed by atoms with E-state index < -0.39 is 0 Å². The van der Waals surface area contributed by atoms with Crippen LogP contribution in [0.2, 0.25) is 5.02 Å². The molecule has 2 aliphatic rings. The summed E-state index contributed by atoms with van der Waals surface area (Å²) in [6.45, 7) is 2.48. The topological polar surface area (TPSA) is 45.1 Å². The molecule has 0 spiro atoms. The van der Waals surface area contributed by atoms with Crippen molar-refractivity contribution in [2.45, 2.75) is 12.5 Å². The fourth-order valence-corrected chi connectivity index (χ4v) is 3.66. The third kappa shape index (κ3) is 3.59. The number of hydrogen-bond acceptors (Lipinski definition) is 4. The van der Waals surface area contributed by atoms with E-state index in [1.165, 1.54) is 0 Å². The predicted molar refractivity (Wildman–Crippen MR) is 103 cm³/mol. The standard InChI is InChI=1S/C20H20ClN3O2/c21-17-8-4-5-9-19(17)24-11-10-23(14-20(24)25)13-16-12-18(22-26-16)15-6-2-1-3-7-15/h1-9,16H,10-14H2. The first-order chi connectivity index (χ1) is 12.7. The lowest BCUT2D eigenvalue weighted by atomic mass is 10.0. The molecule has 2 aromatic rings. The van der Waals surface area contributed by atoms with Crippen molar-refractivity contribution in [3.63, 3.8) is 0 Å². The zero-order chi connectivity index (χ0) is 17.9. The highest BCUT2D eigenvalue weighted by Gasteiger charge is 2.30. The fourth-order valence-electron chi connectivity index (χ4n) is 3.42. The van der Waals surface area contributed by atoms with E-state index in [1.807, 2.05) is 54.6 Å². The van der Waals surface area contributed by atoms with Crippen LogP contribution in [0.1, 0.15) is 12.0 Å². The number of piperazine rings is 1. The second kappa shape index (κ2) is 7.48. The van der Waals surface area contributed by atoms with Gasteiger partial charge in [0.15, 0.2) is 0 Å². The van der Waals surface area contributed by atoms with Crippen molar-refractivity contribution in [2.75, 3.05) is 31.1 Å². The van der Waals surface area contributed by atoms with E-state index in [9.17, 15) is 4.79 Å². The molecular weight excluding hydrogens is 350 g/mol. The minimum atomic E-state index is -0.00938. The van der Waals surface area contributed by atoms with Gasteiger partial charge in [0.25, 0.3) is 0 Å². The quantitative estimate of drug-likeness (QED) is 0.831. The summed E-state index contributed by atoms with van der Waals surface area (Å²) in [6, 6.07) is 17.5. The van der Waals surface area contributed by atoms with E-state index in [0.29, 0.717) is 24.7 Å². The lowest BCUT2D eigenvalue weighted by Crippen LogP contribution is -2.52. The van der Waals surface area contributed by atoms with Crippen LogP contribution in [0.5, 0.6) is 0 Å². The van der Waals surface area contributed by atoms with Gasteiger partial charge in [-0.3, -0.25) is 9.69 Å². The minimum Gasteiger partial charge on any atom is -0.390 e. The Morgan fingerprint density at radius 3 is 2.62 bits per heavy atom. The number of halogens is 1. The molecule has 26 heavy (non-hydrogen) atoms. The number of benzene rings is 2. The molecule has 0 aromatic heterocycles. The van der Waals surface area contributed by atoms with Gasteiger partial charge in [-0.05, 0) is 17.7 Å². The van der Waals surface area contributed by atoms with Crippen LogP contribution in [0.15, 0.2) is 59.8 Å². The van der Waals surface area contributed by atoms with Gasteiger partial charge in [0.1, 0.15) is 6.10 Å². The van der Waals surface area contributed by atoms with Gasteiger partial charge in [-0.1, -0.05) is 59.2 Å². The largest absolute Gasteiger partial charge is 0.390 e. The number of hydrogen-bond donors (Lipinski definition) is 0. The van der Waals surface area contributed by atoms with E-state index in [0.717, 1.165) is 29.9 Å². The Labute approximate surface area is 157 Å².